The molecule has 0 aliphatic carbocycles. The minimum atomic E-state index is 0.815. The van der Waals surface area contributed by atoms with E-state index in [1.54, 1.807) is 0 Å². The van der Waals surface area contributed by atoms with Gasteiger partial charge < -0.3 is 4.90 Å². The molecule has 1 rings (SSSR count). The third kappa shape index (κ3) is 4.05. The van der Waals surface area contributed by atoms with Gasteiger partial charge in [-0.1, -0.05) is 50.4 Å². The predicted octanol–water partition coefficient (Wildman–Crippen LogP) is 4.55. The highest BCUT2D eigenvalue weighted by atomic mass is 35.5. The first-order valence-corrected chi connectivity index (χ1v) is 6.58. The summed E-state index contributed by atoms with van der Waals surface area (Å²) in [5.41, 5.74) is 1.06. The normalized spacial score (nSPS) is 10.4. The summed E-state index contributed by atoms with van der Waals surface area (Å²) in [6, 6.07) is 9.06. The molecule has 0 spiro atoms. The molecule has 0 unspecified atom stereocenters. The van der Waals surface area contributed by atoms with E-state index in [2.05, 4.69) is 24.8 Å². The molecule has 0 heterocycles. The Kier molecular flexibility index (Phi) is 6.32. The Bertz CT molecular complexity index is 291. The van der Waals surface area contributed by atoms with E-state index in [1.165, 1.54) is 25.7 Å². The molecule has 0 N–H and O–H groups in total. The van der Waals surface area contributed by atoms with Crippen LogP contribution in [0, 0.1) is 6.07 Å². The third-order valence-corrected chi connectivity index (χ3v) is 2.97. The Hall–Kier alpha value is -0.690. The smallest absolute Gasteiger partial charge is 0.0646 e. The van der Waals surface area contributed by atoms with Gasteiger partial charge in [-0.15, -0.1) is 0 Å². The first kappa shape index (κ1) is 13.4. The SMILES string of the molecule is CCCCN(CCCC)c1[c]cccc1Cl. The lowest BCUT2D eigenvalue weighted by molar-refractivity contribution is 0.678. The average molecular weight is 239 g/mol. The van der Waals surface area contributed by atoms with E-state index < -0.39 is 0 Å². The summed E-state index contributed by atoms with van der Waals surface area (Å²) < 4.78 is 0. The van der Waals surface area contributed by atoms with Crippen molar-refractivity contribution in [3.05, 3.63) is 29.3 Å². The molecule has 0 aliphatic rings. The summed E-state index contributed by atoms with van der Waals surface area (Å²) in [7, 11) is 0. The van der Waals surface area contributed by atoms with Crippen molar-refractivity contribution in [3.63, 3.8) is 0 Å². The number of rotatable bonds is 7. The molecule has 0 bridgehead atoms. The van der Waals surface area contributed by atoms with Crippen LogP contribution in [0.2, 0.25) is 5.02 Å². The van der Waals surface area contributed by atoms with E-state index in [9.17, 15) is 0 Å². The lowest BCUT2D eigenvalue weighted by Gasteiger charge is -2.25. The van der Waals surface area contributed by atoms with E-state index in [4.69, 9.17) is 11.6 Å². The second kappa shape index (κ2) is 7.56. The van der Waals surface area contributed by atoms with Crippen LogP contribution in [0.1, 0.15) is 39.5 Å². The second-order valence-corrected chi connectivity index (χ2v) is 4.47. The van der Waals surface area contributed by atoms with Gasteiger partial charge in [0.15, 0.2) is 0 Å². The average Bonchev–Trinajstić information content (AvgIpc) is 2.31. The molecule has 2 heteroatoms. The zero-order valence-corrected chi connectivity index (χ0v) is 11.1. The summed E-state index contributed by atoms with van der Waals surface area (Å²) in [6.07, 6.45) is 4.85. The Balaban J connectivity index is 2.70. The molecule has 0 saturated heterocycles. The minimum Gasteiger partial charge on any atom is -0.370 e. The molecule has 89 valence electrons. The highest BCUT2D eigenvalue weighted by Gasteiger charge is 2.08. The van der Waals surface area contributed by atoms with Gasteiger partial charge in [-0.05, 0) is 18.9 Å². The maximum Gasteiger partial charge on any atom is 0.0646 e. The predicted molar refractivity (Wildman–Crippen MR) is 72.3 cm³/mol. The van der Waals surface area contributed by atoms with Crippen molar-refractivity contribution in [3.8, 4) is 0 Å². The first-order chi connectivity index (χ1) is 7.79. The fourth-order valence-electron chi connectivity index (χ4n) is 1.68. The van der Waals surface area contributed by atoms with Gasteiger partial charge in [-0.3, -0.25) is 0 Å². The molecular weight excluding hydrogens is 218 g/mol. The lowest BCUT2D eigenvalue weighted by atomic mass is 10.2. The van der Waals surface area contributed by atoms with Crippen molar-refractivity contribution in [2.24, 2.45) is 0 Å². The van der Waals surface area contributed by atoms with Crippen LogP contribution in [-0.2, 0) is 0 Å². The van der Waals surface area contributed by atoms with E-state index in [-0.39, 0.29) is 0 Å². The molecule has 0 amide bonds. The number of hydrogen-bond donors (Lipinski definition) is 0. The fraction of sp³-hybridized carbons (Fsp3) is 0.571. The second-order valence-electron chi connectivity index (χ2n) is 4.06. The van der Waals surface area contributed by atoms with Crippen molar-refractivity contribution in [2.75, 3.05) is 18.0 Å². The molecule has 1 nitrogen and oxygen atoms in total. The van der Waals surface area contributed by atoms with Crippen LogP contribution in [0.4, 0.5) is 5.69 Å². The Labute approximate surface area is 104 Å². The van der Waals surface area contributed by atoms with Gasteiger partial charge in [-0.2, -0.15) is 0 Å². The largest absolute Gasteiger partial charge is 0.370 e. The van der Waals surface area contributed by atoms with E-state index in [0.29, 0.717) is 0 Å². The van der Waals surface area contributed by atoms with E-state index in [0.717, 1.165) is 23.8 Å². The summed E-state index contributed by atoms with van der Waals surface area (Å²) in [5.74, 6) is 0. The third-order valence-electron chi connectivity index (χ3n) is 2.66. The maximum absolute atomic E-state index is 6.20. The summed E-state index contributed by atoms with van der Waals surface area (Å²) in [4.78, 5) is 2.36. The summed E-state index contributed by atoms with van der Waals surface area (Å²) >= 11 is 6.20. The highest BCUT2D eigenvalue weighted by Crippen LogP contribution is 2.25. The molecular formula is C14H21ClN. The van der Waals surface area contributed by atoms with Crippen molar-refractivity contribution >= 4 is 17.3 Å². The first-order valence-electron chi connectivity index (χ1n) is 6.20. The Morgan fingerprint density at radius 1 is 1.19 bits per heavy atom. The van der Waals surface area contributed by atoms with Crippen LogP contribution in [0.5, 0.6) is 0 Å². The van der Waals surface area contributed by atoms with Gasteiger partial charge in [0, 0.05) is 19.2 Å². The van der Waals surface area contributed by atoms with Gasteiger partial charge in [-0.25, -0.2) is 0 Å². The zero-order valence-electron chi connectivity index (χ0n) is 10.3. The number of hydrogen-bond acceptors (Lipinski definition) is 1. The minimum absolute atomic E-state index is 0.815. The molecule has 1 aromatic rings. The summed E-state index contributed by atoms with van der Waals surface area (Å²) in [5, 5.41) is 0.815. The van der Waals surface area contributed by atoms with Gasteiger partial charge in [0.05, 0.1) is 10.7 Å². The van der Waals surface area contributed by atoms with Gasteiger partial charge in [0.1, 0.15) is 0 Å². The van der Waals surface area contributed by atoms with Crippen LogP contribution in [-0.4, -0.2) is 13.1 Å². The number of halogens is 1. The number of nitrogens with zero attached hydrogens (tertiary/aromatic N) is 1. The Morgan fingerprint density at radius 3 is 2.31 bits per heavy atom. The van der Waals surface area contributed by atoms with Crippen molar-refractivity contribution in [1.29, 1.82) is 0 Å². The number of anilines is 1. The Morgan fingerprint density at radius 2 is 1.81 bits per heavy atom. The van der Waals surface area contributed by atoms with E-state index >= 15 is 0 Å². The number of benzene rings is 1. The standard InChI is InChI=1S/C14H21ClN/c1-3-5-11-16(12-6-4-2)14-10-8-7-9-13(14)15/h7-9H,3-6,11-12H2,1-2H3. The zero-order chi connectivity index (χ0) is 11.8. The van der Waals surface area contributed by atoms with Crippen LogP contribution < -0.4 is 4.90 Å². The molecule has 1 radical (unpaired) electrons. The van der Waals surface area contributed by atoms with Crippen molar-refractivity contribution in [1.82, 2.24) is 0 Å². The fourth-order valence-corrected chi connectivity index (χ4v) is 1.93. The van der Waals surface area contributed by atoms with Gasteiger partial charge in [0.2, 0.25) is 0 Å². The van der Waals surface area contributed by atoms with Crippen LogP contribution in [0.3, 0.4) is 0 Å². The molecule has 1 aromatic carbocycles. The lowest BCUT2D eigenvalue weighted by Crippen LogP contribution is -2.25. The number of unbranched alkanes of at least 4 members (excludes halogenated alkanes) is 2. The van der Waals surface area contributed by atoms with Crippen LogP contribution in [0.25, 0.3) is 0 Å². The van der Waals surface area contributed by atoms with Crippen molar-refractivity contribution < 1.29 is 0 Å². The summed E-state index contributed by atoms with van der Waals surface area (Å²) in [6.45, 7) is 6.59. The monoisotopic (exact) mass is 238 g/mol. The maximum atomic E-state index is 6.20. The molecule has 0 atom stereocenters. The molecule has 16 heavy (non-hydrogen) atoms. The molecule has 0 aromatic heterocycles. The van der Waals surface area contributed by atoms with Crippen LogP contribution in [0.15, 0.2) is 18.2 Å². The quantitative estimate of drug-likeness (QED) is 0.674. The van der Waals surface area contributed by atoms with Gasteiger partial charge >= 0.3 is 0 Å². The molecule has 0 fully saturated rings. The van der Waals surface area contributed by atoms with Crippen molar-refractivity contribution in [2.45, 2.75) is 39.5 Å². The topological polar surface area (TPSA) is 3.24 Å². The highest BCUT2D eigenvalue weighted by molar-refractivity contribution is 6.33. The molecule has 0 saturated carbocycles. The van der Waals surface area contributed by atoms with Gasteiger partial charge in [0.25, 0.3) is 0 Å². The van der Waals surface area contributed by atoms with E-state index in [1.807, 2.05) is 18.2 Å². The molecule has 0 aliphatic heterocycles. The number of para-hydroxylation sites is 1. The van der Waals surface area contributed by atoms with Crippen LogP contribution >= 0.6 is 11.6 Å².